The molecule has 2 aromatic rings. The van der Waals surface area contributed by atoms with Gasteiger partial charge in [-0.05, 0) is 43.1 Å². The third-order valence-corrected chi connectivity index (χ3v) is 3.93. The average molecular weight is 353 g/mol. The van der Waals surface area contributed by atoms with Crippen molar-refractivity contribution in [3.8, 4) is 11.1 Å². The Morgan fingerprint density at radius 1 is 0.913 bits per heavy atom. The summed E-state index contributed by atoms with van der Waals surface area (Å²) in [6, 6.07) is 18.1. The van der Waals surface area contributed by atoms with E-state index in [2.05, 4.69) is 10.6 Å². The number of benzene rings is 2. The molecule has 2 N–H and O–H groups in total. The Hall–Kier alpha value is -1.55. The lowest BCUT2D eigenvalue weighted by Crippen LogP contribution is -2.42. The molecule has 2 aromatic carbocycles. The van der Waals surface area contributed by atoms with E-state index in [0.717, 1.165) is 42.6 Å². The molecule has 3 rings (SSSR count). The standard InChI is InChI=1S/C18H20N2O.2ClH/c21-18(20-15-10-12-19-13-11-15)17-9-5-4-8-16(17)14-6-2-1-3-7-14;;/h1-9,15,19H,10-13H2,(H,20,21);2*1H. The van der Waals surface area contributed by atoms with E-state index in [-0.39, 0.29) is 36.8 Å². The van der Waals surface area contributed by atoms with Gasteiger partial charge >= 0.3 is 0 Å². The Morgan fingerprint density at radius 2 is 1.52 bits per heavy atom. The van der Waals surface area contributed by atoms with Gasteiger partial charge in [0, 0.05) is 11.6 Å². The van der Waals surface area contributed by atoms with E-state index in [1.807, 2.05) is 54.6 Å². The quantitative estimate of drug-likeness (QED) is 0.884. The molecule has 1 amide bonds. The molecule has 124 valence electrons. The van der Waals surface area contributed by atoms with E-state index >= 15 is 0 Å². The Morgan fingerprint density at radius 3 is 2.22 bits per heavy atom. The highest BCUT2D eigenvalue weighted by Gasteiger charge is 2.18. The van der Waals surface area contributed by atoms with Gasteiger partial charge < -0.3 is 10.6 Å². The van der Waals surface area contributed by atoms with Crippen LogP contribution in [0.5, 0.6) is 0 Å². The van der Waals surface area contributed by atoms with Crippen LogP contribution in [0, 0.1) is 0 Å². The van der Waals surface area contributed by atoms with Gasteiger partial charge in [0.15, 0.2) is 0 Å². The maximum Gasteiger partial charge on any atom is 0.252 e. The number of carbonyl (C=O) groups excluding carboxylic acids is 1. The summed E-state index contributed by atoms with van der Waals surface area (Å²) in [5.74, 6) is 0.0290. The molecule has 3 nitrogen and oxygen atoms in total. The summed E-state index contributed by atoms with van der Waals surface area (Å²) < 4.78 is 0. The van der Waals surface area contributed by atoms with Gasteiger partial charge in [-0.1, -0.05) is 48.5 Å². The lowest BCUT2D eigenvalue weighted by Gasteiger charge is -2.24. The van der Waals surface area contributed by atoms with Crippen LogP contribution < -0.4 is 10.6 Å². The first-order chi connectivity index (χ1) is 10.3. The van der Waals surface area contributed by atoms with Gasteiger partial charge in [0.1, 0.15) is 0 Å². The van der Waals surface area contributed by atoms with Crippen LogP contribution in [-0.4, -0.2) is 25.0 Å². The summed E-state index contributed by atoms with van der Waals surface area (Å²) in [5.41, 5.74) is 2.82. The third kappa shape index (κ3) is 4.96. The smallest absolute Gasteiger partial charge is 0.252 e. The highest BCUT2D eigenvalue weighted by Crippen LogP contribution is 2.23. The average Bonchev–Trinajstić information content (AvgIpc) is 2.56. The molecule has 5 heteroatoms. The van der Waals surface area contributed by atoms with Crippen LogP contribution in [0.1, 0.15) is 23.2 Å². The van der Waals surface area contributed by atoms with Crippen molar-refractivity contribution in [2.24, 2.45) is 0 Å². The minimum atomic E-state index is 0. The van der Waals surface area contributed by atoms with Crippen molar-refractivity contribution in [1.29, 1.82) is 0 Å². The van der Waals surface area contributed by atoms with Crippen molar-refractivity contribution < 1.29 is 4.79 Å². The van der Waals surface area contributed by atoms with Crippen LogP contribution in [0.15, 0.2) is 54.6 Å². The maximum atomic E-state index is 12.6. The topological polar surface area (TPSA) is 41.1 Å². The van der Waals surface area contributed by atoms with Gasteiger partial charge in [-0.25, -0.2) is 0 Å². The number of rotatable bonds is 3. The Balaban J connectivity index is 0.00000132. The van der Waals surface area contributed by atoms with E-state index in [4.69, 9.17) is 0 Å². The molecule has 1 saturated heterocycles. The van der Waals surface area contributed by atoms with Crippen LogP contribution in [0.4, 0.5) is 0 Å². The van der Waals surface area contributed by atoms with Crippen LogP contribution in [0.3, 0.4) is 0 Å². The predicted octanol–water partition coefficient (Wildman–Crippen LogP) is 3.68. The first-order valence-electron chi connectivity index (χ1n) is 7.50. The summed E-state index contributed by atoms with van der Waals surface area (Å²) in [5, 5.41) is 6.48. The fourth-order valence-electron chi connectivity index (χ4n) is 2.78. The maximum absolute atomic E-state index is 12.6. The van der Waals surface area contributed by atoms with Gasteiger partial charge in [0.05, 0.1) is 0 Å². The van der Waals surface area contributed by atoms with E-state index in [1.54, 1.807) is 0 Å². The summed E-state index contributed by atoms with van der Waals surface area (Å²) in [4.78, 5) is 12.6. The van der Waals surface area contributed by atoms with Gasteiger partial charge in [-0.3, -0.25) is 4.79 Å². The summed E-state index contributed by atoms with van der Waals surface area (Å²) in [7, 11) is 0. The van der Waals surface area contributed by atoms with Gasteiger partial charge in [0.2, 0.25) is 0 Å². The predicted molar refractivity (Wildman–Crippen MR) is 99.7 cm³/mol. The molecule has 1 aliphatic heterocycles. The highest BCUT2D eigenvalue weighted by molar-refractivity contribution is 6.01. The van der Waals surface area contributed by atoms with E-state index in [1.165, 1.54) is 0 Å². The highest BCUT2D eigenvalue weighted by atomic mass is 35.5. The lowest BCUT2D eigenvalue weighted by molar-refractivity contribution is 0.0930. The number of carbonyl (C=O) groups is 1. The van der Waals surface area contributed by atoms with Gasteiger partial charge in [0.25, 0.3) is 5.91 Å². The van der Waals surface area contributed by atoms with Gasteiger partial charge in [-0.15, -0.1) is 24.8 Å². The summed E-state index contributed by atoms with van der Waals surface area (Å²) >= 11 is 0. The molecule has 0 unspecified atom stereocenters. The lowest BCUT2D eigenvalue weighted by atomic mass is 9.98. The Kier molecular flexibility index (Phi) is 8.10. The van der Waals surface area contributed by atoms with Crippen molar-refractivity contribution in [2.45, 2.75) is 18.9 Å². The second-order valence-corrected chi connectivity index (χ2v) is 5.41. The number of hydrogen-bond acceptors (Lipinski definition) is 2. The molecule has 0 saturated carbocycles. The Labute approximate surface area is 149 Å². The fraction of sp³-hybridized carbons (Fsp3) is 0.278. The monoisotopic (exact) mass is 352 g/mol. The van der Waals surface area contributed by atoms with E-state index in [9.17, 15) is 4.79 Å². The number of nitrogens with one attached hydrogen (secondary N) is 2. The second kappa shape index (κ2) is 9.56. The molecule has 0 spiro atoms. The van der Waals surface area contributed by atoms with Crippen molar-refractivity contribution in [3.63, 3.8) is 0 Å². The molecule has 1 aliphatic rings. The minimum Gasteiger partial charge on any atom is -0.349 e. The van der Waals surface area contributed by atoms with Crippen molar-refractivity contribution >= 4 is 30.7 Å². The zero-order chi connectivity index (χ0) is 14.5. The van der Waals surface area contributed by atoms with Crippen LogP contribution >= 0.6 is 24.8 Å². The van der Waals surface area contributed by atoms with Gasteiger partial charge in [-0.2, -0.15) is 0 Å². The summed E-state index contributed by atoms with van der Waals surface area (Å²) in [6.45, 7) is 1.95. The van der Waals surface area contributed by atoms with E-state index in [0.29, 0.717) is 0 Å². The molecule has 1 heterocycles. The van der Waals surface area contributed by atoms with Crippen molar-refractivity contribution in [3.05, 3.63) is 60.2 Å². The largest absolute Gasteiger partial charge is 0.349 e. The third-order valence-electron chi connectivity index (χ3n) is 3.93. The summed E-state index contributed by atoms with van der Waals surface area (Å²) in [6.07, 6.45) is 2.00. The fourth-order valence-corrected chi connectivity index (χ4v) is 2.78. The second-order valence-electron chi connectivity index (χ2n) is 5.41. The van der Waals surface area contributed by atoms with E-state index < -0.39 is 0 Å². The van der Waals surface area contributed by atoms with Crippen molar-refractivity contribution in [1.82, 2.24) is 10.6 Å². The van der Waals surface area contributed by atoms with Crippen LogP contribution in [-0.2, 0) is 0 Å². The molecule has 0 radical (unpaired) electrons. The first-order valence-corrected chi connectivity index (χ1v) is 7.50. The van der Waals surface area contributed by atoms with Crippen LogP contribution in [0.2, 0.25) is 0 Å². The molecule has 0 bridgehead atoms. The zero-order valence-electron chi connectivity index (χ0n) is 12.8. The first kappa shape index (κ1) is 19.5. The number of amides is 1. The molecule has 23 heavy (non-hydrogen) atoms. The Bertz CT molecular complexity index is 613. The molecule has 0 aromatic heterocycles. The molecular formula is C18H22Cl2N2O. The number of piperidine rings is 1. The normalized spacial score (nSPS) is 14.3. The zero-order valence-corrected chi connectivity index (χ0v) is 14.5. The molecule has 1 fully saturated rings. The number of hydrogen-bond donors (Lipinski definition) is 2. The molecule has 0 aliphatic carbocycles. The number of halogens is 2. The minimum absolute atomic E-state index is 0. The van der Waals surface area contributed by atoms with Crippen LogP contribution in [0.25, 0.3) is 11.1 Å². The SMILES string of the molecule is Cl.Cl.O=C(NC1CCNCC1)c1ccccc1-c1ccccc1. The molecule has 0 atom stereocenters. The molecular weight excluding hydrogens is 331 g/mol. The van der Waals surface area contributed by atoms with Crippen molar-refractivity contribution in [2.75, 3.05) is 13.1 Å².